The molecule has 106 valence electrons. The highest BCUT2D eigenvalue weighted by Crippen LogP contribution is 2.38. The molecule has 19 heavy (non-hydrogen) atoms. The van der Waals surface area contributed by atoms with Gasteiger partial charge in [-0.2, -0.15) is 0 Å². The molecule has 1 aromatic heterocycles. The summed E-state index contributed by atoms with van der Waals surface area (Å²) in [6.07, 6.45) is 3.50. The highest BCUT2D eigenvalue weighted by Gasteiger charge is 2.42. The quantitative estimate of drug-likeness (QED) is 0.906. The summed E-state index contributed by atoms with van der Waals surface area (Å²) < 4.78 is 1.06. The highest BCUT2D eigenvalue weighted by atomic mass is 79.9. The van der Waals surface area contributed by atoms with E-state index in [0.717, 1.165) is 42.6 Å². The summed E-state index contributed by atoms with van der Waals surface area (Å²) in [5.74, 6) is 0. The number of pyridine rings is 1. The third kappa shape index (κ3) is 3.36. The molecule has 1 fully saturated rings. The van der Waals surface area contributed by atoms with E-state index in [1.807, 2.05) is 18.3 Å². The van der Waals surface area contributed by atoms with Crippen molar-refractivity contribution < 1.29 is 5.11 Å². The maximum atomic E-state index is 10.7. The number of rotatable bonds is 2. The lowest BCUT2D eigenvalue weighted by molar-refractivity contribution is -0.1000. The Balaban J connectivity index is 1.96. The average Bonchev–Trinajstić information content (AvgIpc) is 2.34. The van der Waals surface area contributed by atoms with Crippen LogP contribution < -0.4 is 0 Å². The Hall–Kier alpha value is -0.450. The smallest absolute Gasteiger partial charge is 0.0720 e. The molecular weight excluding hydrogens is 304 g/mol. The highest BCUT2D eigenvalue weighted by molar-refractivity contribution is 9.10. The van der Waals surface area contributed by atoms with Gasteiger partial charge >= 0.3 is 0 Å². The molecule has 0 saturated carbocycles. The summed E-state index contributed by atoms with van der Waals surface area (Å²) in [7, 11) is 0. The number of aliphatic hydroxyl groups is 1. The van der Waals surface area contributed by atoms with Crippen LogP contribution in [-0.2, 0) is 6.54 Å². The minimum atomic E-state index is -0.537. The van der Waals surface area contributed by atoms with E-state index < -0.39 is 5.60 Å². The molecule has 1 aliphatic heterocycles. The van der Waals surface area contributed by atoms with Gasteiger partial charge in [-0.1, -0.05) is 20.8 Å². The number of nitrogens with zero attached hydrogens (tertiary/aromatic N) is 2. The second kappa shape index (κ2) is 5.51. The number of likely N-dealkylation sites (tertiary alicyclic amines) is 1. The number of halogens is 1. The molecule has 0 aromatic carbocycles. The van der Waals surface area contributed by atoms with E-state index in [2.05, 4.69) is 46.6 Å². The van der Waals surface area contributed by atoms with Crippen molar-refractivity contribution in [3.05, 3.63) is 28.5 Å². The van der Waals surface area contributed by atoms with Gasteiger partial charge in [-0.15, -0.1) is 0 Å². The lowest BCUT2D eigenvalue weighted by Crippen LogP contribution is -2.51. The number of hydrogen-bond donors (Lipinski definition) is 1. The second-order valence-corrected chi connectivity index (χ2v) is 7.34. The van der Waals surface area contributed by atoms with Crippen molar-refractivity contribution in [1.29, 1.82) is 0 Å². The van der Waals surface area contributed by atoms with Crippen LogP contribution in [0.4, 0.5) is 0 Å². The molecule has 1 N–H and O–H groups in total. The maximum absolute atomic E-state index is 10.7. The Morgan fingerprint density at radius 3 is 2.53 bits per heavy atom. The van der Waals surface area contributed by atoms with Gasteiger partial charge in [0.25, 0.3) is 0 Å². The fraction of sp³-hybridized carbons (Fsp3) is 0.667. The van der Waals surface area contributed by atoms with E-state index in [1.165, 1.54) is 0 Å². The summed E-state index contributed by atoms with van der Waals surface area (Å²) in [5, 5.41) is 10.7. The van der Waals surface area contributed by atoms with Gasteiger partial charge in [0.15, 0.2) is 0 Å². The fourth-order valence-electron chi connectivity index (χ4n) is 2.58. The van der Waals surface area contributed by atoms with Crippen LogP contribution in [-0.4, -0.2) is 33.7 Å². The van der Waals surface area contributed by atoms with E-state index in [9.17, 15) is 5.11 Å². The first kappa shape index (κ1) is 14.9. The molecule has 1 aromatic rings. The first-order valence-electron chi connectivity index (χ1n) is 6.86. The normalized spacial score (nSPS) is 20.5. The van der Waals surface area contributed by atoms with Crippen LogP contribution in [0, 0.1) is 5.41 Å². The first-order valence-corrected chi connectivity index (χ1v) is 7.65. The van der Waals surface area contributed by atoms with Gasteiger partial charge in [-0.25, -0.2) is 0 Å². The molecule has 0 unspecified atom stereocenters. The van der Waals surface area contributed by atoms with Crippen molar-refractivity contribution in [3.8, 4) is 0 Å². The van der Waals surface area contributed by atoms with E-state index in [1.54, 1.807) is 0 Å². The minimum absolute atomic E-state index is 0.0509. The monoisotopic (exact) mass is 326 g/mol. The van der Waals surface area contributed by atoms with E-state index in [-0.39, 0.29) is 5.41 Å². The molecule has 0 bridgehead atoms. The van der Waals surface area contributed by atoms with Crippen LogP contribution in [0.5, 0.6) is 0 Å². The van der Waals surface area contributed by atoms with E-state index in [0.29, 0.717) is 0 Å². The van der Waals surface area contributed by atoms with Gasteiger partial charge in [0.1, 0.15) is 0 Å². The van der Waals surface area contributed by atoms with Gasteiger partial charge in [-0.05, 0) is 46.3 Å². The van der Waals surface area contributed by atoms with Crippen LogP contribution >= 0.6 is 15.9 Å². The van der Waals surface area contributed by atoms with Gasteiger partial charge in [0.2, 0.25) is 0 Å². The fourth-order valence-corrected chi connectivity index (χ4v) is 2.96. The molecule has 2 heterocycles. The molecule has 0 atom stereocenters. The molecule has 4 heteroatoms. The number of hydrogen-bond acceptors (Lipinski definition) is 3. The number of aromatic nitrogens is 1. The molecular formula is C15H23BrN2O. The summed E-state index contributed by atoms with van der Waals surface area (Å²) in [5.41, 5.74) is 0.485. The lowest BCUT2D eigenvalue weighted by atomic mass is 9.71. The molecule has 1 aliphatic rings. The van der Waals surface area contributed by atoms with Crippen molar-refractivity contribution in [2.45, 2.75) is 45.8 Å². The second-order valence-electron chi connectivity index (χ2n) is 6.49. The topological polar surface area (TPSA) is 36.4 Å². The van der Waals surface area contributed by atoms with Crippen LogP contribution in [0.3, 0.4) is 0 Å². The minimum Gasteiger partial charge on any atom is -0.389 e. The lowest BCUT2D eigenvalue weighted by Gasteiger charge is -2.46. The molecule has 1 saturated heterocycles. The molecule has 3 nitrogen and oxygen atoms in total. The summed E-state index contributed by atoms with van der Waals surface area (Å²) in [6, 6.07) is 3.96. The van der Waals surface area contributed by atoms with Crippen molar-refractivity contribution >= 4 is 15.9 Å². The maximum Gasteiger partial charge on any atom is 0.0720 e. The Morgan fingerprint density at radius 2 is 2.00 bits per heavy atom. The SMILES string of the molecule is CC(C)(C)C1(O)CCN(Cc2ncccc2Br)CC1. The van der Waals surface area contributed by atoms with Crippen molar-refractivity contribution in [2.24, 2.45) is 5.41 Å². The molecule has 0 aliphatic carbocycles. The van der Waals surface area contributed by atoms with Crippen LogP contribution in [0.15, 0.2) is 22.8 Å². The van der Waals surface area contributed by atoms with Crippen molar-refractivity contribution in [3.63, 3.8) is 0 Å². The van der Waals surface area contributed by atoms with E-state index in [4.69, 9.17) is 0 Å². The van der Waals surface area contributed by atoms with E-state index >= 15 is 0 Å². The Kier molecular flexibility index (Phi) is 4.33. The Labute approximate surface area is 124 Å². The summed E-state index contributed by atoms with van der Waals surface area (Å²) in [4.78, 5) is 6.77. The van der Waals surface area contributed by atoms with Crippen LogP contribution in [0.2, 0.25) is 0 Å². The Bertz CT molecular complexity index is 434. The zero-order chi connectivity index (χ0) is 14.1. The van der Waals surface area contributed by atoms with Gasteiger partial charge in [-0.3, -0.25) is 9.88 Å². The largest absolute Gasteiger partial charge is 0.389 e. The first-order chi connectivity index (χ1) is 8.82. The van der Waals surface area contributed by atoms with Gasteiger partial charge in [0, 0.05) is 30.3 Å². The third-order valence-electron chi connectivity index (χ3n) is 4.29. The molecule has 0 amide bonds. The van der Waals surface area contributed by atoms with Crippen molar-refractivity contribution in [1.82, 2.24) is 9.88 Å². The number of piperidine rings is 1. The van der Waals surface area contributed by atoms with Gasteiger partial charge < -0.3 is 5.11 Å². The average molecular weight is 327 g/mol. The molecule has 0 spiro atoms. The standard InChI is InChI=1S/C15H23BrN2O/c1-14(2,3)15(19)6-9-18(10-7-15)11-13-12(16)5-4-8-17-13/h4-5,8,19H,6-7,9-11H2,1-3H3. The Morgan fingerprint density at radius 1 is 1.37 bits per heavy atom. The summed E-state index contributed by atoms with van der Waals surface area (Å²) >= 11 is 3.54. The zero-order valence-corrected chi connectivity index (χ0v) is 13.6. The third-order valence-corrected chi connectivity index (χ3v) is 5.01. The van der Waals surface area contributed by atoms with Crippen LogP contribution in [0.25, 0.3) is 0 Å². The molecule has 0 radical (unpaired) electrons. The zero-order valence-electron chi connectivity index (χ0n) is 12.0. The van der Waals surface area contributed by atoms with Gasteiger partial charge in [0.05, 0.1) is 11.3 Å². The molecule has 2 rings (SSSR count). The van der Waals surface area contributed by atoms with Crippen LogP contribution in [0.1, 0.15) is 39.3 Å². The predicted molar refractivity (Wildman–Crippen MR) is 80.9 cm³/mol. The summed E-state index contributed by atoms with van der Waals surface area (Å²) in [6.45, 7) is 9.07. The van der Waals surface area contributed by atoms with Crippen molar-refractivity contribution in [2.75, 3.05) is 13.1 Å². The predicted octanol–water partition coefficient (Wildman–Crippen LogP) is 3.22.